The van der Waals surface area contributed by atoms with Crippen molar-refractivity contribution in [3.8, 4) is 22.6 Å². The molecule has 1 saturated carbocycles. The first-order valence-corrected chi connectivity index (χ1v) is 14.2. The Morgan fingerprint density at radius 2 is 1.65 bits per heavy atom. The summed E-state index contributed by atoms with van der Waals surface area (Å²) in [6.45, 7) is 8.78. The molecule has 5 rings (SSSR count). The number of nitrogens with two attached hydrogens (primary N) is 1. The second-order valence-corrected chi connectivity index (χ2v) is 10.9. The molecule has 1 unspecified atom stereocenters. The highest BCUT2D eigenvalue weighted by Gasteiger charge is 2.44. The van der Waals surface area contributed by atoms with E-state index in [1.165, 1.54) is 12.1 Å². The Morgan fingerprint density at radius 3 is 2.27 bits per heavy atom. The predicted molar refractivity (Wildman–Crippen MR) is 159 cm³/mol. The molecular formula is C33H42FN3O3. The first kappa shape index (κ1) is 29.6. The summed E-state index contributed by atoms with van der Waals surface area (Å²) in [6, 6.07) is 16.8. The van der Waals surface area contributed by atoms with E-state index in [4.69, 9.17) is 15.2 Å². The summed E-state index contributed by atoms with van der Waals surface area (Å²) in [6.07, 6.45) is 3.90. The molecule has 1 saturated heterocycles. The molecule has 2 fully saturated rings. The first-order chi connectivity index (χ1) is 18.9. The van der Waals surface area contributed by atoms with Crippen molar-refractivity contribution in [1.29, 1.82) is 0 Å². The molecule has 40 heavy (non-hydrogen) atoms. The minimum Gasteiger partial charge on any atom is -0.493 e. The monoisotopic (exact) mass is 547 g/mol. The van der Waals surface area contributed by atoms with Gasteiger partial charge in [0, 0.05) is 30.3 Å². The number of halogens is 1. The van der Waals surface area contributed by atoms with Gasteiger partial charge in [0.05, 0.1) is 18.8 Å². The van der Waals surface area contributed by atoms with Crippen molar-refractivity contribution in [2.75, 3.05) is 25.5 Å². The van der Waals surface area contributed by atoms with Crippen molar-refractivity contribution in [2.45, 2.75) is 59.0 Å². The van der Waals surface area contributed by atoms with Crippen LogP contribution in [0.4, 0.5) is 10.1 Å². The van der Waals surface area contributed by atoms with Crippen molar-refractivity contribution in [3.63, 3.8) is 0 Å². The fourth-order valence-corrected chi connectivity index (χ4v) is 6.52. The van der Waals surface area contributed by atoms with E-state index in [2.05, 4.69) is 17.0 Å². The van der Waals surface area contributed by atoms with Crippen LogP contribution >= 0.6 is 0 Å². The third-order valence-corrected chi connectivity index (χ3v) is 8.44. The van der Waals surface area contributed by atoms with E-state index in [1.807, 2.05) is 39.0 Å². The number of aryl methyl sites for hydroxylation is 1. The number of rotatable bonds is 10. The maximum absolute atomic E-state index is 13.6. The summed E-state index contributed by atoms with van der Waals surface area (Å²) in [4.78, 5) is 15.6. The summed E-state index contributed by atoms with van der Waals surface area (Å²) in [7, 11) is 0. The Bertz CT molecular complexity index is 1300. The van der Waals surface area contributed by atoms with Crippen LogP contribution in [0.5, 0.6) is 11.5 Å². The van der Waals surface area contributed by atoms with E-state index in [0.29, 0.717) is 43.2 Å². The first-order valence-electron chi connectivity index (χ1n) is 14.2. The van der Waals surface area contributed by atoms with Gasteiger partial charge in [0.25, 0.3) is 0 Å². The number of ether oxygens (including phenoxy) is 2. The number of carbonyl (C=O) groups is 1. The minimum atomic E-state index is -0.269. The number of likely N-dealkylation sites (tertiary alicyclic amines) is 1. The molecule has 1 heterocycles. The minimum absolute atomic E-state index is 0. The molecule has 1 aliphatic carbocycles. The zero-order valence-corrected chi connectivity index (χ0v) is 23.9. The highest BCUT2D eigenvalue weighted by Crippen LogP contribution is 2.46. The average Bonchev–Trinajstić information content (AvgIpc) is 3.50. The summed E-state index contributed by atoms with van der Waals surface area (Å²) in [5.41, 5.74) is 11.3. The van der Waals surface area contributed by atoms with Gasteiger partial charge in [-0.1, -0.05) is 24.3 Å². The van der Waals surface area contributed by atoms with E-state index in [9.17, 15) is 9.18 Å². The Balaban J connectivity index is 0.00000370. The fourth-order valence-electron chi connectivity index (χ4n) is 6.52. The van der Waals surface area contributed by atoms with Gasteiger partial charge in [-0.05, 0) is 105 Å². The van der Waals surface area contributed by atoms with Crippen LogP contribution in [-0.2, 0) is 6.54 Å². The van der Waals surface area contributed by atoms with Gasteiger partial charge < -0.3 is 21.4 Å². The lowest BCUT2D eigenvalue weighted by atomic mass is 9.87. The van der Waals surface area contributed by atoms with Crippen LogP contribution in [0.2, 0.25) is 0 Å². The van der Waals surface area contributed by atoms with Gasteiger partial charge in [-0.25, -0.2) is 4.39 Å². The van der Waals surface area contributed by atoms with Gasteiger partial charge >= 0.3 is 0 Å². The molecule has 0 bridgehead atoms. The summed E-state index contributed by atoms with van der Waals surface area (Å²) < 4.78 is 25.8. The highest BCUT2D eigenvalue weighted by molar-refractivity contribution is 5.97. The zero-order valence-electron chi connectivity index (χ0n) is 23.9. The van der Waals surface area contributed by atoms with Crippen molar-refractivity contribution in [1.82, 2.24) is 11.1 Å². The molecule has 0 spiro atoms. The number of nitrogen functional groups attached to an aromatic ring is 1. The lowest BCUT2D eigenvalue weighted by Crippen LogP contribution is -2.30. The SMILES string of the molecule is CCOc1cc(CN2CC[C@H]3C(CC(=O)c4ccc(C)c(N)c4)CC[C@H]32)cc(OCC)c1-c1ccc(F)cc1.N. The number of benzene rings is 3. The molecule has 5 N–H and O–H groups in total. The molecule has 3 aromatic carbocycles. The number of Topliss-reactive ketones (excluding diaryl/α,β-unsaturated/α-hetero) is 1. The third kappa shape index (κ3) is 6.16. The Kier molecular flexibility index (Phi) is 9.48. The van der Waals surface area contributed by atoms with Crippen LogP contribution in [0.3, 0.4) is 0 Å². The largest absolute Gasteiger partial charge is 0.493 e. The van der Waals surface area contributed by atoms with E-state index < -0.39 is 0 Å². The van der Waals surface area contributed by atoms with Crippen molar-refractivity contribution < 1.29 is 18.7 Å². The third-order valence-electron chi connectivity index (χ3n) is 8.44. The second kappa shape index (κ2) is 12.8. The maximum atomic E-state index is 13.6. The van der Waals surface area contributed by atoms with Crippen molar-refractivity contribution in [3.05, 3.63) is 77.1 Å². The normalized spacial score (nSPS) is 20.1. The number of nitrogens with zero attached hydrogens (tertiary/aromatic N) is 1. The Labute approximate surface area is 237 Å². The maximum Gasteiger partial charge on any atom is 0.163 e. The van der Waals surface area contributed by atoms with Gasteiger partial charge in [-0.3, -0.25) is 9.69 Å². The lowest BCUT2D eigenvalue weighted by molar-refractivity contribution is 0.0949. The molecular weight excluding hydrogens is 505 g/mol. The highest BCUT2D eigenvalue weighted by atomic mass is 19.1. The Hall–Kier alpha value is -3.42. The molecule has 1 aliphatic heterocycles. The second-order valence-electron chi connectivity index (χ2n) is 10.9. The molecule has 3 atom stereocenters. The molecule has 3 aromatic rings. The van der Waals surface area contributed by atoms with Gasteiger partial charge in [0.2, 0.25) is 0 Å². The number of ketones is 1. The number of carbonyl (C=O) groups excluding carboxylic acids is 1. The Morgan fingerprint density at radius 1 is 0.975 bits per heavy atom. The van der Waals surface area contributed by atoms with Crippen molar-refractivity contribution in [2.24, 2.45) is 11.8 Å². The predicted octanol–water partition coefficient (Wildman–Crippen LogP) is 7.22. The molecule has 6 nitrogen and oxygen atoms in total. The average molecular weight is 548 g/mol. The zero-order chi connectivity index (χ0) is 27.5. The van der Waals surface area contributed by atoms with Crippen LogP contribution in [0.15, 0.2) is 54.6 Å². The van der Waals surface area contributed by atoms with Gasteiger partial charge in [0.1, 0.15) is 17.3 Å². The van der Waals surface area contributed by atoms with Gasteiger partial charge in [-0.15, -0.1) is 0 Å². The van der Waals surface area contributed by atoms with Crippen LogP contribution < -0.4 is 21.4 Å². The quantitative estimate of drug-likeness (QED) is 0.205. The van der Waals surface area contributed by atoms with E-state index >= 15 is 0 Å². The van der Waals surface area contributed by atoms with Crippen molar-refractivity contribution >= 4 is 11.5 Å². The molecule has 2 aliphatic rings. The van der Waals surface area contributed by atoms with Crippen LogP contribution in [0.25, 0.3) is 11.1 Å². The van der Waals surface area contributed by atoms with Crippen LogP contribution in [0.1, 0.15) is 61.0 Å². The van der Waals surface area contributed by atoms with Crippen LogP contribution in [0, 0.1) is 24.6 Å². The standard InChI is InChI=1S/C33H39FN2O3.H3N/c1-4-38-31-16-22(17-32(39-5-2)33(31)23-8-11-26(34)12-9-23)20-36-15-14-27-24(10-13-29(27)36)19-30(37)25-7-6-21(3)28(35)18-25;/h6-9,11-12,16-18,24,27,29H,4-5,10,13-15,19-20,35H2,1-3H3;1H3/t24?,27-,29+;/m0./s1. The number of hydrogen-bond donors (Lipinski definition) is 2. The number of hydrogen-bond acceptors (Lipinski definition) is 6. The fraction of sp³-hybridized carbons (Fsp3) is 0.424. The molecule has 214 valence electrons. The topological polar surface area (TPSA) is 99.8 Å². The van der Waals surface area contributed by atoms with E-state index in [0.717, 1.165) is 71.7 Å². The summed E-state index contributed by atoms with van der Waals surface area (Å²) in [5, 5.41) is 0. The smallest absolute Gasteiger partial charge is 0.163 e. The van der Waals surface area contributed by atoms with E-state index in [-0.39, 0.29) is 17.8 Å². The molecule has 0 aromatic heterocycles. The summed E-state index contributed by atoms with van der Waals surface area (Å²) in [5.74, 6) is 2.39. The van der Waals surface area contributed by atoms with E-state index in [1.54, 1.807) is 12.1 Å². The number of fused-ring (bicyclic) bond motifs is 1. The lowest BCUT2D eigenvalue weighted by Gasteiger charge is -2.25. The van der Waals surface area contributed by atoms with Crippen LogP contribution in [-0.4, -0.2) is 36.5 Å². The van der Waals surface area contributed by atoms with Gasteiger partial charge in [0.15, 0.2) is 5.78 Å². The van der Waals surface area contributed by atoms with Gasteiger partial charge in [-0.2, -0.15) is 0 Å². The molecule has 0 amide bonds. The molecule has 0 radical (unpaired) electrons. The summed E-state index contributed by atoms with van der Waals surface area (Å²) >= 11 is 0. The number of anilines is 1. The molecule has 7 heteroatoms.